The number of hydrogen-bond donors (Lipinski definition) is 1. The first kappa shape index (κ1) is 20.2. The van der Waals surface area contributed by atoms with Crippen LogP contribution in [0.1, 0.15) is 11.1 Å². The third-order valence-corrected chi connectivity index (χ3v) is 2.82. The number of alkyl halides is 12. The minimum absolute atomic E-state index is 0.272. The van der Waals surface area contributed by atoms with E-state index >= 15 is 0 Å². The molecule has 0 aliphatic carbocycles. The molecule has 1 rings (SSSR count). The van der Waals surface area contributed by atoms with Gasteiger partial charge in [-0.05, 0) is 18.2 Å². The Kier molecular flexibility index (Phi) is 4.50. The van der Waals surface area contributed by atoms with Crippen LogP contribution in [0.3, 0.4) is 0 Å². The summed E-state index contributed by atoms with van der Waals surface area (Å²) in [6, 6.07) is -1.75. The second-order valence-electron chi connectivity index (χ2n) is 4.49. The van der Waals surface area contributed by atoms with E-state index in [0.717, 1.165) is 0 Å². The second kappa shape index (κ2) is 5.34. The highest BCUT2D eigenvalue weighted by atomic mass is 19.4. The molecule has 1 nitrogen and oxygen atoms in total. The first-order valence-corrected chi connectivity index (χ1v) is 5.47. The predicted molar refractivity (Wildman–Crippen MR) is 53.0 cm³/mol. The fourth-order valence-electron chi connectivity index (χ4n) is 1.69. The monoisotopic (exact) mass is 380 g/mol. The van der Waals surface area contributed by atoms with Gasteiger partial charge in [-0.25, -0.2) is 4.39 Å². The quantitative estimate of drug-likeness (QED) is 0.688. The van der Waals surface area contributed by atoms with Gasteiger partial charge in [-0.3, -0.25) is 0 Å². The van der Waals surface area contributed by atoms with Gasteiger partial charge in [0, 0.05) is 5.56 Å². The molecule has 0 saturated carbocycles. The van der Waals surface area contributed by atoms with Crippen LogP contribution in [0.25, 0.3) is 0 Å². The van der Waals surface area contributed by atoms with Crippen molar-refractivity contribution in [1.29, 1.82) is 0 Å². The van der Waals surface area contributed by atoms with Crippen molar-refractivity contribution in [3.8, 4) is 5.75 Å². The van der Waals surface area contributed by atoms with Crippen LogP contribution in [0.5, 0.6) is 5.75 Å². The number of phenols is 1. The SMILES string of the molecule is Oc1cc(C(F)(F)F)cc(C(F)(C(F)(F)F)C(F)(F)C(F)(F)F)c1. The summed E-state index contributed by atoms with van der Waals surface area (Å²) in [6.45, 7) is 0. The summed E-state index contributed by atoms with van der Waals surface area (Å²) in [7, 11) is 0. The first-order valence-electron chi connectivity index (χ1n) is 5.47. The molecule has 0 heterocycles. The molecule has 13 heteroatoms. The third kappa shape index (κ3) is 3.07. The van der Waals surface area contributed by atoms with Crippen molar-refractivity contribution in [3.63, 3.8) is 0 Å². The third-order valence-electron chi connectivity index (χ3n) is 2.82. The fourth-order valence-corrected chi connectivity index (χ4v) is 1.69. The van der Waals surface area contributed by atoms with E-state index in [0.29, 0.717) is 0 Å². The molecule has 0 radical (unpaired) electrons. The Balaban J connectivity index is 3.82. The van der Waals surface area contributed by atoms with Gasteiger partial charge in [-0.1, -0.05) is 0 Å². The van der Waals surface area contributed by atoms with E-state index < -0.39 is 59.1 Å². The van der Waals surface area contributed by atoms with E-state index in [-0.39, 0.29) is 6.07 Å². The standard InChI is InChI=1S/C11H4F12O/c12-7(10(18,19)20,9(16,17)11(21,22)23)4-1-5(8(13,14)15)3-6(24)2-4/h1-3,24H. The maximum atomic E-state index is 14.0. The van der Waals surface area contributed by atoms with Crippen molar-refractivity contribution < 1.29 is 57.8 Å². The maximum absolute atomic E-state index is 14.0. The van der Waals surface area contributed by atoms with E-state index in [4.69, 9.17) is 5.11 Å². The van der Waals surface area contributed by atoms with Gasteiger partial charge in [-0.2, -0.15) is 48.3 Å². The molecule has 1 atom stereocenters. The van der Waals surface area contributed by atoms with Gasteiger partial charge in [0.15, 0.2) is 0 Å². The van der Waals surface area contributed by atoms with Crippen LogP contribution >= 0.6 is 0 Å². The first-order chi connectivity index (χ1) is 10.4. The number of aromatic hydroxyl groups is 1. The molecular weight excluding hydrogens is 376 g/mol. The van der Waals surface area contributed by atoms with Gasteiger partial charge < -0.3 is 5.11 Å². The summed E-state index contributed by atoms with van der Waals surface area (Å²) in [5.41, 5.74) is -11.6. The molecule has 138 valence electrons. The lowest BCUT2D eigenvalue weighted by Crippen LogP contribution is -2.59. The predicted octanol–water partition coefficient (Wildman–Crippen LogP) is 5.34. The lowest BCUT2D eigenvalue weighted by molar-refractivity contribution is -0.389. The summed E-state index contributed by atoms with van der Waals surface area (Å²) >= 11 is 0. The molecule has 0 amide bonds. The van der Waals surface area contributed by atoms with Crippen LogP contribution in [-0.4, -0.2) is 23.4 Å². The Hall–Kier alpha value is -1.82. The highest BCUT2D eigenvalue weighted by Gasteiger charge is 2.81. The van der Waals surface area contributed by atoms with Crippen molar-refractivity contribution >= 4 is 0 Å². The number of hydrogen-bond acceptors (Lipinski definition) is 1. The minimum atomic E-state index is -7.13. The van der Waals surface area contributed by atoms with E-state index in [1.54, 1.807) is 0 Å². The Morgan fingerprint density at radius 1 is 0.583 bits per heavy atom. The highest BCUT2D eigenvalue weighted by molar-refractivity contribution is 5.40. The summed E-state index contributed by atoms with van der Waals surface area (Å²) in [5.74, 6) is -8.92. The average Bonchev–Trinajstić information content (AvgIpc) is 2.32. The molecule has 0 aromatic heterocycles. The van der Waals surface area contributed by atoms with Crippen LogP contribution in [0.15, 0.2) is 18.2 Å². The van der Waals surface area contributed by atoms with E-state index in [1.807, 2.05) is 0 Å². The van der Waals surface area contributed by atoms with Crippen molar-refractivity contribution in [1.82, 2.24) is 0 Å². The average molecular weight is 380 g/mol. The molecular formula is C11H4F12O. The smallest absolute Gasteiger partial charge is 0.457 e. The lowest BCUT2D eigenvalue weighted by atomic mass is 9.86. The highest BCUT2D eigenvalue weighted by Crippen LogP contribution is 2.58. The Morgan fingerprint density at radius 2 is 1.00 bits per heavy atom. The van der Waals surface area contributed by atoms with Crippen LogP contribution in [-0.2, 0) is 11.8 Å². The zero-order chi connectivity index (χ0) is 19.4. The van der Waals surface area contributed by atoms with Gasteiger partial charge >= 0.3 is 30.1 Å². The second-order valence-corrected chi connectivity index (χ2v) is 4.49. The molecule has 0 aliphatic heterocycles. The largest absolute Gasteiger partial charge is 0.508 e. The molecule has 0 saturated heterocycles. The molecule has 24 heavy (non-hydrogen) atoms. The number of phenolic OH excluding ortho intramolecular Hbond substituents is 1. The molecule has 1 aromatic rings. The van der Waals surface area contributed by atoms with Crippen molar-refractivity contribution in [3.05, 3.63) is 29.3 Å². The van der Waals surface area contributed by atoms with Gasteiger partial charge in [-0.15, -0.1) is 0 Å². The molecule has 0 fully saturated rings. The number of benzene rings is 1. The van der Waals surface area contributed by atoms with Crippen LogP contribution in [0.2, 0.25) is 0 Å². The molecule has 0 spiro atoms. The summed E-state index contributed by atoms with van der Waals surface area (Å²) in [5, 5.41) is 8.89. The molecule has 1 unspecified atom stereocenters. The molecule has 1 N–H and O–H groups in total. The Morgan fingerprint density at radius 3 is 1.33 bits per heavy atom. The Labute approximate surface area is 124 Å². The van der Waals surface area contributed by atoms with Crippen molar-refractivity contribution in [2.75, 3.05) is 0 Å². The molecule has 0 bridgehead atoms. The van der Waals surface area contributed by atoms with Gasteiger partial charge in [0.2, 0.25) is 0 Å². The molecule has 0 aliphatic rings. The van der Waals surface area contributed by atoms with Crippen molar-refractivity contribution in [2.24, 2.45) is 0 Å². The van der Waals surface area contributed by atoms with Crippen LogP contribution in [0, 0.1) is 0 Å². The van der Waals surface area contributed by atoms with E-state index in [9.17, 15) is 52.7 Å². The zero-order valence-electron chi connectivity index (χ0n) is 10.7. The van der Waals surface area contributed by atoms with Gasteiger partial charge in [0.1, 0.15) is 5.75 Å². The van der Waals surface area contributed by atoms with Crippen LogP contribution < -0.4 is 0 Å². The summed E-state index contributed by atoms with van der Waals surface area (Å²) < 4.78 is 152. The summed E-state index contributed by atoms with van der Waals surface area (Å²) in [4.78, 5) is 0. The maximum Gasteiger partial charge on any atom is 0.457 e. The fraction of sp³-hybridized carbons (Fsp3) is 0.455. The van der Waals surface area contributed by atoms with E-state index in [2.05, 4.69) is 0 Å². The number of halogens is 12. The lowest BCUT2D eigenvalue weighted by Gasteiger charge is -2.36. The van der Waals surface area contributed by atoms with Crippen molar-refractivity contribution in [2.45, 2.75) is 30.1 Å². The topological polar surface area (TPSA) is 20.2 Å². The van der Waals surface area contributed by atoms with Gasteiger partial charge in [0.05, 0.1) is 5.56 Å². The van der Waals surface area contributed by atoms with Gasteiger partial charge in [0.25, 0.3) is 0 Å². The molecule has 1 aromatic carbocycles. The minimum Gasteiger partial charge on any atom is -0.508 e. The van der Waals surface area contributed by atoms with Crippen LogP contribution in [0.4, 0.5) is 52.7 Å². The zero-order valence-corrected chi connectivity index (χ0v) is 10.7. The number of rotatable bonds is 2. The van der Waals surface area contributed by atoms with E-state index in [1.165, 1.54) is 0 Å². The Bertz CT molecular complexity index is 611. The normalized spacial score (nSPS) is 16.8. The summed E-state index contributed by atoms with van der Waals surface area (Å²) in [6.07, 6.45) is -19.6.